The minimum Gasteiger partial charge on any atom is -0.463 e. The fourth-order valence-corrected chi connectivity index (χ4v) is 9.97. The van der Waals surface area contributed by atoms with Crippen LogP contribution in [0.25, 0.3) is 0 Å². The second-order valence-electron chi connectivity index (χ2n) is 12.4. The minimum atomic E-state index is -0.683. The third-order valence-electron chi connectivity index (χ3n) is 11.6. The summed E-state index contributed by atoms with van der Waals surface area (Å²) in [4.78, 5) is 23.6. The highest BCUT2D eigenvalue weighted by Gasteiger charge is 2.79. The average Bonchev–Trinajstić information content (AvgIpc) is 3.27. The zero-order valence-corrected chi connectivity index (χ0v) is 19.3. The van der Waals surface area contributed by atoms with E-state index < -0.39 is 5.97 Å². The van der Waals surface area contributed by atoms with E-state index in [-0.39, 0.29) is 17.3 Å². The molecule has 0 heterocycles. The quantitative estimate of drug-likeness (QED) is 0.522. The molecule has 0 amide bonds. The monoisotopic (exact) mass is 416 g/mol. The number of Topliss-reactive ketones (excluding diaryl/α,β-unsaturated/α-hetero) is 1. The van der Waals surface area contributed by atoms with E-state index in [9.17, 15) is 14.7 Å². The molecule has 0 radical (unpaired) electrons. The number of methoxy groups -OCH3 is 1. The van der Waals surface area contributed by atoms with Gasteiger partial charge in [-0.2, -0.15) is 0 Å². The lowest BCUT2D eigenvalue weighted by Gasteiger charge is -2.59. The van der Waals surface area contributed by atoms with Gasteiger partial charge in [-0.05, 0) is 110 Å². The predicted octanol–water partition coefficient (Wildman–Crippen LogP) is 4.92. The summed E-state index contributed by atoms with van der Waals surface area (Å²) < 4.78 is 4.62. The molecule has 4 heteroatoms. The number of ketones is 1. The van der Waals surface area contributed by atoms with Crippen LogP contribution in [0.15, 0.2) is 0 Å². The Morgan fingerprint density at radius 2 is 1.67 bits per heavy atom. The smallest absolute Gasteiger partial charge is 0.374 e. The lowest BCUT2D eigenvalue weighted by atomic mass is 9.46. The molecule has 0 bridgehead atoms. The lowest BCUT2D eigenvalue weighted by molar-refractivity contribution is -0.152. The van der Waals surface area contributed by atoms with Crippen molar-refractivity contribution in [3.05, 3.63) is 0 Å². The molecule has 5 aliphatic rings. The summed E-state index contributed by atoms with van der Waals surface area (Å²) in [5.41, 5.74) is 1.42. The van der Waals surface area contributed by atoms with Gasteiger partial charge >= 0.3 is 5.97 Å². The largest absolute Gasteiger partial charge is 0.463 e. The van der Waals surface area contributed by atoms with Gasteiger partial charge in [0, 0.05) is 6.42 Å². The summed E-state index contributed by atoms with van der Waals surface area (Å²) in [5.74, 6) is 1.81. The van der Waals surface area contributed by atoms with Gasteiger partial charge in [0.2, 0.25) is 5.78 Å². The van der Waals surface area contributed by atoms with E-state index in [0.29, 0.717) is 34.5 Å². The molecular formula is C26H40O4. The molecule has 8 atom stereocenters. The van der Waals surface area contributed by atoms with Gasteiger partial charge in [-0.1, -0.05) is 20.8 Å². The molecule has 30 heavy (non-hydrogen) atoms. The molecule has 1 N–H and O–H groups in total. The van der Waals surface area contributed by atoms with Crippen molar-refractivity contribution >= 4 is 11.8 Å². The maximum Gasteiger partial charge on any atom is 0.374 e. The number of carbonyl (C=O) groups excluding carboxylic acids is 2. The molecule has 0 aromatic carbocycles. The van der Waals surface area contributed by atoms with Gasteiger partial charge in [0.05, 0.1) is 13.2 Å². The molecule has 0 saturated heterocycles. The van der Waals surface area contributed by atoms with Gasteiger partial charge in [0.15, 0.2) is 0 Å². The molecule has 0 aromatic heterocycles. The summed E-state index contributed by atoms with van der Waals surface area (Å²) in [6.45, 7) is 7.15. The van der Waals surface area contributed by atoms with Crippen molar-refractivity contribution in [3.8, 4) is 0 Å². The van der Waals surface area contributed by atoms with Crippen molar-refractivity contribution in [1.82, 2.24) is 0 Å². The van der Waals surface area contributed by atoms with Crippen LogP contribution >= 0.6 is 0 Å². The summed E-state index contributed by atoms with van der Waals surface area (Å²) in [6, 6.07) is 0. The molecule has 5 fully saturated rings. The van der Waals surface area contributed by atoms with Gasteiger partial charge in [-0.25, -0.2) is 4.79 Å². The van der Waals surface area contributed by atoms with Crippen molar-refractivity contribution in [3.63, 3.8) is 0 Å². The van der Waals surface area contributed by atoms with E-state index in [1.807, 2.05) is 0 Å². The van der Waals surface area contributed by atoms with Crippen LogP contribution in [0.3, 0.4) is 0 Å². The molecule has 2 spiro atoms. The molecule has 5 saturated carbocycles. The second kappa shape index (κ2) is 6.56. The van der Waals surface area contributed by atoms with Crippen molar-refractivity contribution < 1.29 is 19.4 Å². The maximum absolute atomic E-state index is 12.0. The Morgan fingerprint density at radius 3 is 2.40 bits per heavy atom. The van der Waals surface area contributed by atoms with Crippen LogP contribution in [0.1, 0.15) is 91.4 Å². The fourth-order valence-electron chi connectivity index (χ4n) is 9.97. The first-order chi connectivity index (χ1) is 14.1. The van der Waals surface area contributed by atoms with E-state index in [4.69, 9.17) is 0 Å². The Bertz CT molecular complexity index is 758. The van der Waals surface area contributed by atoms with E-state index in [1.165, 1.54) is 58.5 Å². The maximum atomic E-state index is 12.0. The van der Waals surface area contributed by atoms with Crippen LogP contribution in [-0.2, 0) is 14.3 Å². The average molecular weight is 417 g/mol. The van der Waals surface area contributed by atoms with E-state index in [2.05, 4.69) is 25.5 Å². The van der Waals surface area contributed by atoms with E-state index >= 15 is 0 Å². The van der Waals surface area contributed by atoms with Gasteiger partial charge in [0.25, 0.3) is 0 Å². The van der Waals surface area contributed by atoms with E-state index in [0.717, 1.165) is 24.7 Å². The predicted molar refractivity (Wildman–Crippen MR) is 115 cm³/mol. The number of fused-ring (bicyclic) bond motifs is 2. The van der Waals surface area contributed by atoms with Gasteiger partial charge in [-0.3, -0.25) is 4.79 Å². The number of hydrogen-bond donors (Lipinski definition) is 1. The van der Waals surface area contributed by atoms with Crippen molar-refractivity contribution in [2.45, 2.75) is 97.5 Å². The molecule has 5 aliphatic carbocycles. The Balaban J connectivity index is 1.34. The van der Waals surface area contributed by atoms with Gasteiger partial charge in [0.1, 0.15) is 0 Å². The molecule has 8 unspecified atom stereocenters. The second-order valence-corrected chi connectivity index (χ2v) is 12.4. The van der Waals surface area contributed by atoms with Crippen LogP contribution in [0.4, 0.5) is 0 Å². The first-order valence-electron chi connectivity index (χ1n) is 12.4. The molecule has 0 aromatic rings. The third kappa shape index (κ3) is 2.49. The normalized spacial score (nSPS) is 50.5. The number of esters is 1. The summed E-state index contributed by atoms with van der Waals surface area (Å²) in [7, 11) is 1.29. The van der Waals surface area contributed by atoms with Crippen LogP contribution in [-0.4, -0.2) is 30.1 Å². The number of carbonyl (C=O) groups is 2. The van der Waals surface area contributed by atoms with Crippen molar-refractivity contribution in [1.29, 1.82) is 0 Å². The minimum absolute atomic E-state index is 0.0555. The van der Waals surface area contributed by atoms with Crippen LogP contribution in [0, 0.1) is 45.3 Å². The highest BCUT2D eigenvalue weighted by Crippen LogP contribution is 2.86. The topological polar surface area (TPSA) is 63.6 Å². The highest BCUT2D eigenvalue weighted by atomic mass is 16.5. The summed E-state index contributed by atoms with van der Waals surface area (Å²) >= 11 is 0. The number of ether oxygens (including phenoxy) is 1. The lowest BCUT2D eigenvalue weighted by Crippen LogP contribution is -2.54. The van der Waals surface area contributed by atoms with Gasteiger partial charge in [-0.15, -0.1) is 0 Å². The first-order valence-corrected chi connectivity index (χ1v) is 12.4. The third-order valence-corrected chi connectivity index (χ3v) is 11.6. The number of aliphatic hydroxyl groups is 1. The Morgan fingerprint density at radius 1 is 0.933 bits per heavy atom. The molecular weight excluding hydrogens is 376 g/mol. The first kappa shape index (κ1) is 21.0. The number of rotatable bonds is 4. The zero-order chi connectivity index (χ0) is 21.5. The van der Waals surface area contributed by atoms with Gasteiger partial charge < -0.3 is 9.84 Å². The van der Waals surface area contributed by atoms with Crippen molar-refractivity contribution in [2.24, 2.45) is 45.3 Å². The van der Waals surface area contributed by atoms with Crippen LogP contribution in [0.2, 0.25) is 0 Å². The van der Waals surface area contributed by atoms with Crippen molar-refractivity contribution in [2.75, 3.05) is 7.11 Å². The summed E-state index contributed by atoms with van der Waals surface area (Å²) in [6.07, 6.45) is 12.4. The molecule has 0 aliphatic heterocycles. The SMILES string of the molecule is COC(=O)C(=O)CCC1CCC2C3CCC4C(C)(C)C(O)CCC45CC35CCC12C. The molecule has 4 nitrogen and oxygen atoms in total. The molecule has 168 valence electrons. The standard InChI is InChI=1S/C26H40O4/c1-23(2)20-10-8-18-17-7-5-16(6-9-19(27)22(29)30-4)24(17,3)13-14-25(18)15-26(20,25)12-11-21(23)28/h16-18,20-21,28H,5-15H2,1-4H3. The Hall–Kier alpha value is -0.900. The highest BCUT2D eigenvalue weighted by molar-refractivity contribution is 6.33. The zero-order valence-electron chi connectivity index (χ0n) is 19.3. The summed E-state index contributed by atoms with van der Waals surface area (Å²) in [5, 5.41) is 10.7. The number of hydrogen-bond acceptors (Lipinski definition) is 4. The molecule has 5 rings (SSSR count). The fraction of sp³-hybridized carbons (Fsp3) is 0.923. The van der Waals surface area contributed by atoms with Crippen LogP contribution < -0.4 is 0 Å². The number of aliphatic hydroxyl groups excluding tert-OH is 1. The Labute approximate surface area is 181 Å². The van der Waals surface area contributed by atoms with E-state index in [1.54, 1.807) is 0 Å². The van der Waals surface area contributed by atoms with Crippen LogP contribution in [0.5, 0.6) is 0 Å². The Kier molecular flexibility index (Phi) is 4.58.